The molecule has 0 aliphatic carbocycles. The Morgan fingerprint density at radius 2 is 1.87 bits per heavy atom. The van der Waals surface area contributed by atoms with Gasteiger partial charge in [0.25, 0.3) is 5.56 Å². The molecule has 76 valence electrons. The maximum Gasteiger partial charge on any atom is 0.297 e. The molecular weight excluding hydrogens is 190 g/mol. The van der Waals surface area contributed by atoms with Gasteiger partial charge in [0.15, 0.2) is 5.75 Å². The first-order chi connectivity index (χ1) is 7.18. The van der Waals surface area contributed by atoms with Gasteiger partial charge in [-0.05, 0) is 30.7 Å². The molecule has 0 bridgehead atoms. The topological polar surface area (TPSA) is 42.2 Å². The molecule has 1 aromatic carbocycles. The van der Waals surface area contributed by atoms with Crippen molar-refractivity contribution in [2.45, 2.75) is 6.92 Å². The van der Waals surface area contributed by atoms with E-state index < -0.39 is 5.56 Å². The van der Waals surface area contributed by atoms with Crippen molar-refractivity contribution in [1.29, 1.82) is 0 Å². The number of hydrogen-bond acceptors (Lipinski definition) is 2. The summed E-state index contributed by atoms with van der Waals surface area (Å²) in [5, 5.41) is 9.41. The number of nitrogens with zero attached hydrogens (tertiary/aromatic N) is 1. The van der Waals surface area contributed by atoms with Gasteiger partial charge >= 0.3 is 0 Å². The quantitative estimate of drug-likeness (QED) is 0.765. The van der Waals surface area contributed by atoms with E-state index in [2.05, 4.69) is 0 Å². The molecule has 0 amide bonds. The van der Waals surface area contributed by atoms with Crippen molar-refractivity contribution in [3.8, 4) is 11.4 Å². The first-order valence-electron chi connectivity index (χ1n) is 4.66. The van der Waals surface area contributed by atoms with E-state index in [1.54, 1.807) is 6.20 Å². The largest absolute Gasteiger partial charge is 0.503 e. The second-order valence-electron chi connectivity index (χ2n) is 3.41. The minimum Gasteiger partial charge on any atom is -0.503 e. The van der Waals surface area contributed by atoms with Crippen LogP contribution in [-0.2, 0) is 0 Å². The number of para-hydroxylation sites is 1. The summed E-state index contributed by atoms with van der Waals surface area (Å²) < 4.78 is 1.44. The number of aromatic hydroxyl groups is 1. The average Bonchev–Trinajstić information content (AvgIpc) is 2.24. The monoisotopic (exact) mass is 201 g/mol. The van der Waals surface area contributed by atoms with Crippen LogP contribution in [0.15, 0.2) is 47.4 Å². The third kappa shape index (κ3) is 1.76. The van der Waals surface area contributed by atoms with Gasteiger partial charge in [-0.15, -0.1) is 0 Å². The fourth-order valence-electron chi connectivity index (χ4n) is 1.48. The summed E-state index contributed by atoms with van der Waals surface area (Å²) in [5.74, 6) is -0.223. The Morgan fingerprint density at radius 3 is 2.53 bits per heavy atom. The van der Waals surface area contributed by atoms with Gasteiger partial charge in [0.2, 0.25) is 0 Å². The highest BCUT2D eigenvalue weighted by atomic mass is 16.3. The molecule has 0 spiro atoms. The lowest BCUT2D eigenvalue weighted by molar-refractivity contribution is 0.463. The summed E-state index contributed by atoms with van der Waals surface area (Å²) in [6.45, 7) is 1.83. The van der Waals surface area contributed by atoms with Crippen molar-refractivity contribution in [2.75, 3.05) is 0 Å². The molecular formula is C12H11NO2. The summed E-state index contributed by atoms with van der Waals surface area (Å²) in [7, 11) is 0. The standard InChI is InChI=1S/C12H11NO2/c1-9-7-11(14)12(15)13(8-9)10-5-3-2-4-6-10/h2-8,14H,1H3. The van der Waals surface area contributed by atoms with E-state index in [0.29, 0.717) is 0 Å². The third-order valence-corrected chi connectivity index (χ3v) is 2.17. The Morgan fingerprint density at radius 1 is 1.20 bits per heavy atom. The van der Waals surface area contributed by atoms with E-state index in [-0.39, 0.29) is 5.75 Å². The molecule has 15 heavy (non-hydrogen) atoms. The second kappa shape index (κ2) is 3.61. The van der Waals surface area contributed by atoms with Gasteiger partial charge in [-0.1, -0.05) is 18.2 Å². The van der Waals surface area contributed by atoms with Gasteiger partial charge in [0.1, 0.15) is 0 Å². The zero-order valence-electron chi connectivity index (χ0n) is 8.34. The Kier molecular flexibility index (Phi) is 2.29. The molecule has 0 atom stereocenters. The zero-order valence-corrected chi connectivity index (χ0v) is 8.34. The van der Waals surface area contributed by atoms with E-state index in [0.717, 1.165) is 11.3 Å². The number of hydrogen-bond donors (Lipinski definition) is 1. The van der Waals surface area contributed by atoms with Crippen LogP contribution < -0.4 is 5.56 Å². The highest BCUT2D eigenvalue weighted by Gasteiger charge is 2.04. The molecule has 1 heterocycles. The van der Waals surface area contributed by atoms with Crippen LogP contribution in [0, 0.1) is 6.92 Å². The first-order valence-corrected chi connectivity index (χ1v) is 4.66. The van der Waals surface area contributed by atoms with Gasteiger partial charge < -0.3 is 5.11 Å². The lowest BCUT2D eigenvalue weighted by Crippen LogP contribution is -2.17. The molecule has 3 heteroatoms. The van der Waals surface area contributed by atoms with Crippen molar-refractivity contribution in [2.24, 2.45) is 0 Å². The predicted molar refractivity (Wildman–Crippen MR) is 58.4 cm³/mol. The summed E-state index contributed by atoms with van der Waals surface area (Å²) in [4.78, 5) is 11.6. The number of aryl methyl sites for hydroxylation is 1. The maximum absolute atomic E-state index is 11.6. The molecule has 0 aliphatic rings. The summed E-state index contributed by atoms with van der Waals surface area (Å²) >= 11 is 0. The minimum atomic E-state index is -0.396. The van der Waals surface area contributed by atoms with E-state index in [1.807, 2.05) is 37.3 Å². The van der Waals surface area contributed by atoms with Crippen molar-refractivity contribution in [3.05, 3.63) is 58.5 Å². The Balaban J connectivity index is 2.69. The minimum absolute atomic E-state index is 0.223. The fourth-order valence-corrected chi connectivity index (χ4v) is 1.48. The molecule has 1 N–H and O–H groups in total. The van der Waals surface area contributed by atoms with Crippen LogP contribution in [0.2, 0.25) is 0 Å². The van der Waals surface area contributed by atoms with Crippen LogP contribution in [0.1, 0.15) is 5.56 Å². The highest BCUT2D eigenvalue weighted by Crippen LogP contribution is 2.09. The van der Waals surface area contributed by atoms with Crippen LogP contribution in [0.4, 0.5) is 0 Å². The van der Waals surface area contributed by atoms with Gasteiger partial charge in [-0.2, -0.15) is 0 Å². The summed E-state index contributed by atoms with van der Waals surface area (Å²) in [6.07, 6.45) is 1.71. The van der Waals surface area contributed by atoms with Crippen molar-refractivity contribution >= 4 is 0 Å². The van der Waals surface area contributed by atoms with Crippen LogP contribution in [0.5, 0.6) is 5.75 Å². The molecule has 1 aromatic heterocycles. The Hall–Kier alpha value is -2.03. The molecule has 0 saturated heterocycles. The number of rotatable bonds is 1. The van der Waals surface area contributed by atoms with E-state index in [1.165, 1.54) is 10.6 Å². The van der Waals surface area contributed by atoms with Crippen molar-refractivity contribution in [3.63, 3.8) is 0 Å². The van der Waals surface area contributed by atoms with E-state index in [4.69, 9.17) is 0 Å². The SMILES string of the molecule is Cc1cc(O)c(=O)n(-c2ccccc2)c1. The first kappa shape index (κ1) is 9.52. The molecule has 2 rings (SSSR count). The molecule has 3 nitrogen and oxygen atoms in total. The molecule has 0 aliphatic heterocycles. The van der Waals surface area contributed by atoms with Crippen LogP contribution in [-0.4, -0.2) is 9.67 Å². The van der Waals surface area contributed by atoms with Gasteiger partial charge in [0, 0.05) is 11.9 Å². The molecule has 0 radical (unpaired) electrons. The van der Waals surface area contributed by atoms with E-state index >= 15 is 0 Å². The van der Waals surface area contributed by atoms with Crippen LogP contribution in [0.3, 0.4) is 0 Å². The fraction of sp³-hybridized carbons (Fsp3) is 0.0833. The number of benzene rings is 1. The van der Waals surface area contributed by atoms with Gasteiger partial charge in [0.05, 0.1) is 0 Å². The predicted octanol–water partition coefficient (Wildman–Crippen LogP) is 1.85. The highest BCUT2D eigenvalue weighted by molar-refractivity contribution is 5.35. The van der Waals surface area contributed by atoms with Crippen molar-refractivity contribution < 1.29 is 5.11 Å². The maximum atomic E-state index is 11.6. The summed E-state index contributed by atoms with van der Waals surface area (Å²) in [6, 6.07) is 10.7. The third-order valence-electron chi connectivity index (χ3n) is 2.17. The smallest absolute Gasteiger partial charge is 0.297 e. The van der Waals surface area contributed by atoms with Gasteiger partial charge in [-0.3, -0.25) is 9.36 Å². The Bertz CT molecular complexity index is 529. The zero-order chi connectivity index (χ0) is 10.8. The lowest BCUT2D eigenvalue weighted by atomic mass is 10.2. The molecule has 0 fully saturated rings. The average molecular weight is 201 g/mol. The second-order valence-corrected chi connectivity index (χ2v) is 3.41. The normalized spacial score (nSPS) is 10.2. The van der Waals surface area contributed by atoms with Crippen LogP contribution >= 0.6 is 0 Å². The lowest BCUT2D eigenvalue weighted by Gasteiger charge is -2.06. The summed E-state index contributed by atoms with van der Waals surface area (Å²) in [5.41, 5.74) is 1.20. The van der Waals surface area contributed by atoms with Crippen LogP contribution in [0.25, 0.3) is 5.69 Å². The van der Waals surface area contributed by atoms with Crippen molar-refractivity contribution in [1.82, 2.24) is 4.57 Å². The van der Waals surface area contributed by atoms with E-state index in [9.17, 15) is 9.90 Å². The number of pyridine rings is 1. The molecule has 0 saturated carbocycles. The molecule has 0 unspecified atom stereocenters. The number of aromatic nitrogens is 1. The van der Waals surface area contributed by atoms with Gasteiger partial charge in [-0.25, -0.2) is 0 Å². The Labute approximate surface area is 87.2 Å². The molecule has 2 aromatic rings.